The first-order valence-electron chi connectivity index (χ1n) is 6.15. The first kappa shape index (κ1) is 13.5. The van der Waals surface area contributed by atoms with Crippen LogP contribution >= 0.6 is 0 Å². The molecule has 0 radical (unpaired) electrons. The molecule has 0 unspecified atom stereocenters. The van der Waals surface area contributed by atoms with E-state index in [1.807, 2.05) is 4.90 Å². The van der Waals surface area contributed by atoms with Gasteiger partial charge in [-0.15, -0.1) is 0 Å². The van der Waals surface area contributed by atoms with Gasteiger partial charge in [-0.2, -0.15) is 0 Å². The molecule has 0 saturated carbocycles. The Kier molecular flexibility index (Phi) is 3.68. The highest BCUT2D eigenvalue weighted by molar-refractivity contribution is 5.77. The number of likely N-dealkylation sites (tertiary alicyclic amines) is 1. The minimum atomic E-state index is 0.0534. The van der Waals surface area contributed by atoms with Crippen molar-refractivity contribution in [3.8, 4) is 0 Å². The lowest BCUT2D eigenvalue weighted by atomic mass is 9.81. The molecule has 94 valence electrons. The van der Waals surface area contributed by atoms with Gasteiger partial charge in [-0.25, -0.2) is 0 Å². The molecule has 0 aromatic heterocycles. The second-order valence-corrected chi connectivity index (χ2v) is 6.90. The molecule has 16 heavy (non-hydrogen) atoms. The third-order valence-electron chi connectivity index (χ3n) is 3.57. The highest BCUT2D eigenvalue weighted by Gasteiger charge is 2.33. The summed E-state index contributed by atoms with van der Waals surface area (Å²) in [6.07, 6.45) is 1.74. The number of hydrogen-bond acceptors (Lipinski definition) is 2. The molecule has 1 aliphatic rings. The topological polar surface area (TPSA) is 46.3 Å². The first-order chi connectivity index (χ1) is 7.12. The Morgan fingerprint density at radius 1 is 1.44 bits per heavy atom. The molecule has 1 fully saturated rings. The Hall–Kier alpha value is -0.570. The summed E-state index contributed by atoms with van der Waals surface area (Å²) >= 11 is 0. The summed E-state index contributed by atoms with van der Waals surface area (Å²) in [5.41, 5.74) is 6.35. The summed E-state index contributed by atoms with van der Waals surface area (Å²) in [5, 5.41) is 0. The van der Waals surface area contributed by atoms with Gasteiger partial charge in [0.1, 0.15) is 0 Å². The number of nitrogens with zero attached hydrogens (tertiary/aromatic N) is 1. The number of carbonyl (C=O) groups excluding carboxylic acids is 1. The number of nitrogens with two attached hydrogens (primary N) is 1. The first-order valence-corrected chi connectivity index (χ1v) is 6.15. The Morgan fingerprint density at radius 3 is 2.44 bits per heavy atom. The van der Waals surface area contributed by atoms with Crippen LogP contribution in [0.4, 0.5) is 0 Å². The molecule has 1 saturated heterocycles. The van der Waals surface area contributed by atoms with E-state index in [2.05, 4.69) is 34.6 Å². The summed E-state index contributed by atoms with van der Waals surface area (Å²) in [6.45, 7) is 12.2. The molecule has 1 atom stereocenters. The second-order valence-electron chi connectivity index (χ2n) is 6.90. The van der Waals surface area contributed by atoms with Crippen LogP contribution in [0.5, 0.6) is 0 Å². The summed E-state index contributed by atoms with van der Waals surface area (Å²) in [7, 11) is 0. The molecule has 3 nitrogen and oxygen atoms in total. The van der Waals surface area contributed by atoms with Gasteiger partial charge in [0.05, 0.1) is 0 Å². The largest absolute Gasteiger partial charge is 0.341 e. The molecule has 0 aliphatic carbocycles. The SMILES string of the molecule is CC1(C)CCN(C[C@@H](N)C(C)(C)C)C(=O)C1. The molecule has 2 N–H and O–H groups in total. The van der Waals surface area contributed by atoms with E-state index in [-0.39, 0.29) is 22.8 Å². The zero-order valence-electron chi connectivity index (χ0n) is 11.3. The number of carbonyl (C=O) groups is 1. The maximum absolute atomic E-state index is 11.9. The third-order valence-corrected chi connectivity index (χ3v) is 3.57. The zero-order chi connectivity index (χ0) is 12.6. The quantitative estimate of drug-likeness (QED) is 0.783. The van der Waals surface area contributed by atoms with Crippen LogP contribution in [0.3, 0.4) is 0 Å². The minimum absolute atomic E-state index is 0.0534. The van der Waals surface area contributed by atoms with Crippen molar-refractivity contribution in [1.82, 2.24) is 4.90 Å². The Morgan fingerprint density at radius 2 is 2.00 bits per heavy atom. The van der Waals surface area contributed by atoms with Crippen LogP contribution in [0.25, 0.3) is 0 Å². The van der Waals surface area contributed by atoms with E-state index in [0.717, 1.165) is 13.0 Å². The van der Waals surface area contributed by atoms with Gasteiger partial charge < -0.3 is 10.6 Å². The molecule has 0 bridgehead atoms. The van der Waals surface area contributed by atoms with Gasteiger partial charge in [0.15, 0.2) is 0 Å². The van der Waals surface area contributed by atoms with E-state index in [1.165, 1.54) is 0 Å². The van der Waals surface area contributed by atoms with Crippen LogP contribution in [0.2, 0.25) is 0 Å². The van der Waals surface area contributed by atoms with Crippen molar-refractivity contribution in [2.45, 2.75) is 53.5 Å². The predicted octanol–water partition coefficient (Wildman–Crippen LogP) is 2.01. The number of piperidine rings is 1. The van der Waals surface area contributed by atoms with Crippen LogP contribution in [-0.2, 0) is 4.79 Å². The van der Waals surface area contributed by atoms with Crippen molar-refractivity contribution in [1.29, 1.82) is 0 Å². The van der Waals surface area contributed by atoms with Gasteiger partial charge in [0.2, 0.25) is 5.91 Å². The lowest BCUT2D eigenvalue weighted by Gasteiger charge is -2.39. The second kappa shape index (κ2) is 4.36. The van der Waals surface area contributed by atoms with Gasteiger partial charge in [0.25, 0.3) is 0 Å². The van der Waals surface area contributed by atoms with Crippen molar-refractivity contribution in [2.24, 2.45) is 16.6 Å². The highest BCUT2D eigenvalue weighted by Crippen LogP contribution is 2.31. The molecule has 0 spiro atoms. The Bertz CT molecular complexity index is 266. The Balaban J connectivity index is 2.55. The van der Waals surface area contributed by atoms with Crippen LogP contribution in [0.1, 0.15) is 47.5 Å². The fourth-order valence-corrected chi connectivity index (χ4v) is 1.88. The summed E-state index contributed by atoms with van der Waals surface area (Å²) in [5.74, 6) is 0.260. The number of rotatable bonds is 2. The normalized spacial score (nSPS) is 23.4. The summed E-state index contributed by atoms with van der Waals surface area (Å²) in [6, 6.07) is 0.0534. The molecular formula is C13H26N2O. The average molecular weight is 226 g/mol. The van der Waals surface area contributed by atoms with E-state index in [4.69, 9.17) is 5.73 Å². The van der Waals surface area contributed by atoms with E-state index in [9.17, 15) is 4.79 Å². The molecule has 1 rings (SSSR count). The van der Waals surface area contributed by atoms with E-state index in [1.54, 1.807) is 0 Å². The zero-order valence-corrected chi connectivity index (χ0v) is 11.3. The van der Waals surface area contributed by atoms with Crippen LogP contribution < -0.4 is 5.73 Å². The fourth-order valence-electron chi connectivity index (χ4n) is 1.88. The summed E-state index contributed by atoms with van der Waals surface area (Å²) < 4.78 is 0. The smallest absolute Gasteiger partial charge is 0.223 e. The maximum atomic E-state index is 11.9. The third kappa shape index (κ3) is 3.48. The van der Waals surface area contributed by atoms with Crippen LogP contribution in [-0.4, -0.2) is 29.9 Å². The van der Waals surface area contributed by atoms with E-state index >= 15 is 0 Å². The molecule has 0 aromatic carbocycles. The van der Waals surface area contributed by atoms with Crippen molar-refractivity contribution < 1.29 is 4.79 Å². The average Bonchev–Trinajstić information content (AvgIpc) is 2.07. The molecule has 1 aliphatic heterocycles. The van der Waals surface area contributed by atoms with Gasteiger partial charge in [-0.1, -0.05) is 34.6 Å². The van der Waals surface area contributed by atoms with E-state index in [0.29, 0.717) is 13.0 Å². The lowest BCUT2D eigenvalue weighted by molar-refractivity contribution is -0.137. The minimum Gasteiger partial charge on any atom is -0.341 e. The predicted molar refractivity (Wildman–Crippen MR) is 67.0 cm³/mol. The van der Waals surface area contributed by atoms with Gasteiger partial charge in [-0.05, 0) is 17.3 Å². The monoisotopic (exact) mass is 226 g/mol. The molecular weight excluding hydrogens is 200 g/mol. The van der Waals surface area contributed by atoms with Crippen LogP contribution in [0, 0.1) is 10.8 Å². The lowest BCUT2D eigenvalue weighted by Crippen LogP contribution is -2.50. The Labute approximate surface area is 99.4 Å². The van der Waals surface area contributed by atoms with Crippen molar-refractivity contribution in [3.63, 3.8) is 0 Å². The van der Waals surface area contributed by atoms with Crippen molar-refractivity contribution >= 4 is 5.91 Å². The van der Waals surface area contributed by atoms with Crippen molar-refractivity contribution in [2.75, 3.05) is 13.1 Å². The standard InChI is InChI=1S/C13H26N2O/c1-12(2,3)10(14)9-15-7-6-13(4,5)8-11(15)16/h10H,6-9,14H2,1-5H3/t10-/m1/s1. The number of amides is 1. The van der Waals surface area contributed by atoms with Gasteiger partial charge in [-0.3, -0.25) is 4.79 Å². The fraction of sp³-hybridized carbons (Fsp3) is 0.923. The molecule has 1 heterocycles. The maximum Gasteiger partial charge on any atom is 0.223 e. The van der Waals surface area contributed by atoms with Gasteiger partial charge in [0, 0.05) is 25.6 Å². The van der Waals surface area contributed by atoms with Crippen LogP contribution in [0.15, 0.2) is 0 Å². The molecule has 3 heteroatoms. The number of hydrogen-bond donors (Lipinski definition) is 1. The van der Waals surface area contributed by atoms with Gasteiger partial charge >= 0.3 is 0 Å². The summed E-state index contributed by atoms with van der Waals surface area (Å²) in [4.78, 5) is 13.9. The molecule has 0 aromatic rings. The highest BCUT2D eigenvalue weighted by atomic mass is 16.2. The van der Waals surface area contributed by atoms with E-state index < -0.39 is 0 Å². The van der Waals surface area contributed by atoms with Crippen molar-refractivity contribution in [3.05, 3.63) is 0 Å². The molecule has 1 amide bonds.